The molecule has 1 amide bonds. The molecule has 0 unspecified atom stereocenters. The SMILES string of the molecule is O=C(C[NH+]1CCC(n2nnc3cc(F)ccc32)CC1)Nc1ccc(F)cc1. The summed E-state index contributed by atoms with van der Waals surface area (Å²) >= 11 is 0. The summed E-state index contributed by atoms with van der Waals surface area (Å²) < 4.78 is 28.1. The highest BCUT2D eigenvalue weighted by Crippen LogP contribution is 2.22. The fourth-order valence-electron chi connectivity index (χ4n) is 3.58. The standard InChI is InChI=1S/C19H19F2N5O/c20-13-1-4-15(5-2-13)22-19(27)12-25-9-7-16(8-10-25)26-18-6-3-14(21)11-17(18)23-24-26/h1-6,11,16H,7-10,12H2,(H,22,27)/p+1. The van der Waals surface area contributed by atoms with Gasteiger partial charge in [0.15, 0.2) is 6.54 Å². The van der Waals surface area contributed by atoms with Crippen LogP contribution in [0.3, 0.4) is 0 Å². The minimum absolute atomic E-state index is 0.0864. The van der Waals surface area contributed by atoms with Crippen molar-refractivity contribution in [3.8, 4) is 0 Å². The minimum atomic E-state index is -0.330. The van der Waals surface area contributed by atoms with Gasteiger partial charge in [-0.25, -0.2) is 13.5 Å². The van der Waals surface area contributed by atoms with Gasteiger partial charge in [0.05, 0.1) is 24.6 Å². The average molecular weight is 372 g/mol. The molecule has 0 aliphatic carbocycles. The highest BCUT2D eigenvalue weighted by Gasteiger charge is 2.26. The van der Waals surface area contributed by atoms with Crippen molar-refractivity contribution in [2.45, 2.75) is 18.9 Å². The van der Waals surface area contributed by atoms with Crippen LogP contribution >= 0.6 is 0 Å². The molecule has 27 heavy (non-hydrogen) atoms. The lowest BCUT2D eigenvalue weighted by Gasteiger charge is -2.29. The number of fused-ring (bicyclic) bond motifs is 1. The Morgan fingerprint density at radius 3 is 2.56 bits per heavy atom. The lowest BCUT2D eigenvalue weighted by Crippen LogP contribution is -3.14. The molecule has 2 aromatic carbocycles. The monoisotopic (exact) mass is 372 g/mol. The first-order chi connectivity index (χ1) is 13.1. The molecule has 2 heterocycles. The van der Waals surface area contributed by atoms with Crippen molar-refractivity contribution >= 4 is 22.6 Å². The van der Waals surface area contributed by atoms with Crippen molar-refractivity contribution in [1.29, 1.82) is 0 Å². The van der Waals surface area contributed by atoms with E-state index in [0.29, 0.717) is 17.7 Å². The van der Waals surface area contributed by atoms with E-state index in [1.54, 1.807) is 18.2 Å². The third-order valence-corrected chi connectivity index (χ3v) is 4.98. The maximum absolute atomic E-state index is 13.3. The predicted octanol–water partition coefficient (Wildman–Crippen LogP) is 1.57. The van der Waals surface area contributed by atoms with Gasteiger partial charge in [-0.3, -0.25) is 4.79 Å². The van der Waals surface area contributed by atoms with Crippen molar-refractivity contribution in [1.82, 2.24) is 15.0 Å². The van der Waals surface area contributed by atoms with Crippen LogP contribution in [0.2, 0.25) is 0 Å². The molecule has 1 aliphatic rings. The summed E-state index contributed by atoms with van der Waals surface area (Å²) in [5.74, 6) is -0.734. The van der Waals surface area contributed by atoms with Crippen LogP contribution < -0.4 is 10.2 Å². The van der Waals surface area contributed by atoms with Crippen LogP contribution in [0.15, 0.2) is 42.5 Å². The highest BCUT2D eigenvalue weighted by atomic mass is 19.1. The number of aromatic nitrogens is 3. The van der Waals surface area contributed by atoms with Gasteiger partial charge >= 0.3 is 0 Å². The van der Waals surface area contributed by atoms with E-state index >= 15 is 0 Å². The molecule has 1 saturated heterocycles. The zero-order chi connectivity index (χ0) is 18.8. The molecule has 0 spiro atoms. The van der Waals surface area contributed by atoms with Crippen molar-refractivity contribution in [2.24, 2.45) is 0 Å². The van der Waals surface area contributed by atoms with Gasteiger partial charge in [0.1, 0.15) is 17.2 Å². The van der Waals surface area contributed by atoms with E-state index in [1.165, 1.54) is 29.2 Å². The molecule has 0 bridgehead atoms. The van der Waals surface area contributed by atoms with Crippen molar-refractivity contribution in [3.05, 3.63) is 54.1 Å². The van der Waals surface area contributed by atoms with Gasteiger partial charge in [-0.05, 0) is 36.4 Å². The number of hydrogen-bond donors (Lipinski definition) is 2. The zero-order valence-corrected chi connectivity index (χ0v) is 14.7. The van der Waals surface area contributed by atoms with Crippen LogP contribution in [0.1, 0.15) is 18.9 Å². The van der Waals surface area contributed by atoms with E-state index in [0.717, 1.165) is 31.4 Å². The first-order valence-corrected chi connectivity index (χ1v) is 8.98. The number of nitrogens with one attached hydrogen (secondary N) is 2. The molecule has 1 aliphatic heterocycles. The van der Waals surface area contributed by atoms with Gasteiger partial charge in [-0.2, -0.15) is 0 Å². The molecule has 3 aromatic rings. The molecule has 4 rings (SSSR count). The Labute approximate surface area is 154 Å². The molecule has 1 aromatic heterocycles. The molecule has 0 atom stereocenters. The first-order valence-electron chi connectivity index (χ1n) is 8.98. The molecule has 140 valence electrons. The zero-order valence-electron chi connectivity index (χ0n) is 14.7. The Kier molecular flexibility index (Phi) is 4.81. The molecule has 0 saturated carbocycles. The number of carbonyl (C=O) groups excluding carboxylic acids is 1. The number of quaternary nitrogens is 1. The fourth-order valence-corrected chi connectivity index (χ4v) is 3.58. The average Bonchev–Trinajstić information content (AvgIpc) is 3.07. The molecular formula is C19H20F2N5O+. The van der Waals surface area contributed by atoms with Gasteiger partial charge < -0.3 is 10.2 Å². The van der Waals surface area contributed by atoms with E-state index < -0.39 is 0 Å². The van der Waals surface area contributed by atoms with Gasteiger partial charge in [0.2, 0.25) is 0 Å². The van der Waals surface area contributed by atoms with Crippen LogP contribution in [-0.4, -0.2) is 40.5 Å². The third-order valence-electron chi connectivity index (χ3n) is 4.98. The van der Waals surface area contributed by atoms with Crippen molar-refractivity contribution in [3.63, 3.8) is 0 Å². The van der Waals surface area contributed by atoms with E-state index in [4.69, 9.17) is 0 Å². The molecule has 1 fully saturated rings. The van der Waals surface area contributed by atoms with E-state index in [2.05, 4.69) is 15.6 Å². The Morgan fingerprint density at radius 1 is 1.11 bits per heavy atom. The summed E-state index contributed by atoms with van der Waals surface area (Å²) in [6, 6.07) is 10.5. The second-order valence-corrected chi connectivity index (χ2v) is 6.88. The Bertz CT molecular complexity index is 948. The normalized spacial score (nSPS) is 19.9. The van der Waals surface area contributed by atoms with E-state index in [9.17, 15) is 13.6 Å². The fraction of sp³-hybridized carbons (Fsp3) is 0.316. The number of halogens is 2. The van der Waals surface area contributed by atoms with Crippen molar-refractivity contribution in [2.75, 3.05) is 25.0 Å². The van der Waals surface area contributed by atoms with Gasteiger partial charge in [-0.15, -0.1) is 5.10 Å². The number of rotatable bonds is 4. The number of carbonyl (C=O) groups is 1. The van der Waals surface area contributed by atoms with Gasteiger partial charge in [-0.1, -0.05) is 5.21 Å². The smallest absolute Gasteiger partial charge is 0.279 e. The summed E-state index contributed by atoms with van der Waals surface area (Å²) in [5, 5.41) is 11.0. The minimum Gasteiger partial charge on any atom is -0.327 e. The number of amides is 1. The highest BCUT2D eigenvalue weighted by molar-refractivity contribution is 5.91. The summed E-state index contributed by atoms with van der Waals surface area (Å²) in [7, 11) is 0. The van der Waals surface area contributed by atoms with E-state index in [1.807, 2.05) is 4.68 Å². The second kappa shape index (κ2) is 7.40. The molecular weight excluding hydrogens is 352 g/mol. The predicted molar refractivity (Wildman–Crippen MR) is 96.4 cm³/mol. The number of hydrogen-bond acceptors (Lipinski definition) is 3. The van der Waals surface area contributed by atoms with Gasteiger partial charge in [0.25, 0.3) is 5.91 Å². The number of nitrogens with zero attached hydrogens (tertiary/aromatic N) is 3. The van der Waals surface area contributed by atoms with E-state index in [-0.39, 0.29) is 23.6 Å². The Hall–Kier alpha value is -2.87. The maximum atomic E-state index is 13.3. The van der Waals surface area contributed by atoms with Crippen LogP contribution in [0.4, 0.5) is 14.5 Å². The number of benzene rings is 2. The maximum Gasteiger partial charge on any atom is 0.279 e. The van der Waals surface area contributed by atoms with Crippen LogP contribution in [0, 0.1) is 11.6 Å². The number of anilines is 1. The summed E-state index contributed by atoms with van der Waals surface area (Å²) in [4.78, 5) is 13.4. The number of likely N-dealkylation sites (tertiary alicyclic amines) is 1. The summed E-state index contributed by atoms with van der Waals surface area (Å²) in [5.41, 5.74) is 1.99. The Morgan fingerprint density at radius 2 is 1.81 bits per heavy atom. The third kappa shape index (κ3) is 3.95. The second-order valence-electron chi connectivity index (χ2n) is 6.88. The largest absolute Gasteiger partial charge is 0.327 e. The Balaban J connectivity index is 1.33. The first kappa shape index (κ1) is 17.5. The lowest BCUT2D eigenvalue weighted by molar-refractivity contribution is -0.897. The van der Waals surface area contributed by atoms with Crippen LogP contribution in [0.5, 0.6) is 0 Å². The van der Waals surface area contributed by atoms with Crippen LogP contribution in [-0.2, 0) is 4.79 Å². The lowest BCUT2D eigenvalue weighted by atomic mass is 10.0. The molecule has 6 nitrogen and oxygen atoms in total. The van der Waals surface area contributed by atoms with Gasteiger partial charge in [0, 0.05) is 24.6 Å². The topological polar surface area (TPSA) is 64.2 Å². The molecule has 8 heteroatoms. The molecule has 0 radical (unpaired) electrons. The quantitative estimate of drug-likeness (QED) is 0.731. The van der Waals surface area contributed by atoms with Crippen molar-refractivity contribution < 1.29 is 18.5 Å². The number of piperidine rings is 1. The van der Waals surface area contributed by atoms with Crippen LogP contribution in [0.25, 0.3) is 11.0 Å². The summed E-state index contributed by atoms with van der Waals surface area (Å²) in [6.45, 7) is 2.04. The summed E-state index contributed by atoms with van der Waals surface area (Å²) in [6.07, 6.45) is 1.74. The molecule has 2 N–H and O–H groups in total.